The third-order valence-corrected chi connectivity index (χ3v) is 11.7. The molecule has 2 nitrogen and oxygen atoms in total. The van der Waals surface area contributed by atoms with Gasteiger partial charge in [0, 0.05) is 18.6 Å². The van der Waals surface area contributed by atoms with Crippen molar-refractivity contribution in [1.82, 2.24) is 4.98 Å². The quantitative estimate of drug-likeness (QED) is 0.157. The molecule has 56 heavy (non-hydrogen) atoms. The third-order valence-electron chi connectivity index (χ3n) is 11.7. The van der Waals surface area contributed by atoms with Crippen LogP contribution >= 0.6 is 0 Å². The van der Waals surface area contributed by atoms with E-state index in [2.05, 4.69) is 188 Å². The van der Waals surface area contributed by atoms with Crippen LogP contribution in [0.2, 0.25) is 0 Å². The number of hydrogen-bond donors (Lipinski definition) is 0. The van der Waals surface area contributed by atoms with Gasteiger partial charge in [-0.3, -0.25) is 9.98 Å². The first-order valence-electron chi connectivity index (χ1n) is 19.8. The highest BCUT2D eigenvalue weighted by Gasteiger charge is 2.20. The molecule has 8 aromatic rings. The van der Waals surface area contributed by atoms with Crippen molar-refractivity contribution in [3.05, 3.63) is 187 Å². The topological polar surface area (TPSA) is 25.2 Å². The lowest BCUT2D eigenvalue weighted by atomic mass is 9.82. The van der Waals surface area contributed by atoms with Crippen molar-refractivity contribution in [3.63, 3.8) is 0 Å². The number of allylic oxidation sites excluding steroid dienone is 2. The van der Waals surface area contributed by atoms with E-state index in [0.29, 0.717) is 5.92 Å². The van der Waals surface area contributed by atoms with E-state index >= 15 is 0 Å². The average molecular weight is 719 g/mol. The first kappa shape index (κ1) is 33.9. The largest absolute Gasteiger partial charge is 0.290 e. The van der Waals surface area contributed by atoms with Gasteiger partial charge < -0.3 is 0 Å². The molecule has 0 bridgehead atoms. The molecule has 1 aromatic heterocycles. The summed E-state index contributed by atoms with van der Waals surface area (Å²) < 4.78 is 0. The number of fused-ring (bicyclic) bond motifs is 6. The SMILES string of the molecule is CC1C=Cc2c(c3ccc(-c4ccccc4-c4cccc(-c5cc(C6=CC=NC(C)C6)cc(-c6ccncc6)c5)c4)cc3c3cc(-c4ccccc4)ccc23)C1. The van der Waals surface area contributed by atoms with Crippen LogP contribution in [0.25, 0.3) is 88.8 Å². The molecule has 2 heteroatoms. The smallest absolute Gasteiger partial charge is 0.0511 e. The summed E-state index contributed by atoms with van der Waals surface area (Å²) >= 11 is 0. The average Bonchev–Trinajstić information content (AvgIpc) is 3.26. The Bertz CT molecular complexity index is 2880. The Morgan fingerprint density at radius 2 is 1.05 bits per heavy atom. The summed E-state index contributed by atoms with van der Waals surface area (Å²) in [5.74, 6) is 0.512. The minimum absolute atomic E-state index is 0.271. The van der Waals surface area contributed by atoms with Gasteiger partial charge in [0.15, 0.2) is 0 Å². The van der Waals surface area contributed by atoms with E-state index in [0.717, 1.165) is 18.4 Å². The van der Waals surface area contributed by atoms with E-state index in [9.17, 15) is 0 Å². The van der Waals surface area contributed by atoms with Crippen LogP contribution in [0.15, 0.2) is 175 Å². The van der Waals surface area contributed by atoms with Gasteiger partial charge in [0.1, 0.15) is 0 Å². The minimum Gasteiger partial charge on any atom is -0.290 e. The number of benzene rings is 7. The van der Waals surface area contributed by atoms with E-state index in [-0.39, 0.29) is 6.04 Å². The van der Waals surface area contributed by atoms with E-state index in [1.807, 2.05) is 18.6 Å². The molecule has 268 valence electrons. The second-order valence-corrected chi connectivity index (χ2v) is 15.5. The minimum atomic E-state index is 0.271. The Morgan fingerprint density at radius 3 is 1.86 bits per heavy atom. The molecule has 0 fully saturated rings. The lowest BCUT2D eigenvalue weighted by Gasteiger charge is -2.22. The Balaban J connectivity index is 1.11. The first-order chi connectivity index (χ1) is 27.6. The number of pyridine rings is 1. The van der Waals surface area contributed by atoms with Gasteiger partial charge in [-0.25, -0.2) is 0 Å². The van der Waals surface area contributed by atoms with Crippen molar-refractivity contribution < 1.29 is 0 Å². The number of aliphatic imine (C=N–C) groups is 1. The maximum Gasteiger partial charge on any atom is 0.0511 e. The van der Waals surface area contributed by atoms with E-state index in [1.54, 1.807) is 0 Å². The van der Waals surface area contributed by atoms with Gasteiger partial charge in [0.05, 0.1) is 6.04 Å². The second-order valence-electron chi connectivity index (χ2n) is 15.5. The van der Waals surface area contributed by atoms with Gasteiger partial charge in [-0.2, -0.15) is 0 Å². The first-order valence-corrected chi connectivity index (χ1v) is 19.8. The number of rotatable bonds is 6. The van der Waals surface area contributed by atoms with Crippen molar-refractivity contribution in [1.29, 1.82) is 0 Å². The summed E-state index contributed by atoms with van der Waals surface area (Å²) in [6.45, 7) is 4.51. The van der Waals surface area contributed by atoms with Gasteiger partial charge >= 0.3 is 0 Å². The molecule has 0 radical (unpaired) electrons. The molecule has 2 aliphatic rings. The summed E-state index contributed by atoms with van der Waals surface area (Å²) in [5.41, 5.74) is 17.5. The summed E-state index contributed by atoms with van der Waals surface area (Å²) in [6.07, 6.45) is 14.6. The van der Waals surface area contributed by atoms with Crippen LogP contribution in [-0.2, 0) is 6.42 Å². The van der Waals surface area contributed by atoms with Crippen LogP contribution in [-0.4, -0.2) is 17.2 Å². The Hall–Kier alpha value is -6.64. The maximum absolute atomic E-state index is 4.60. The molecule has 0 saturated carbocycles. The Kier molecular flexibility index (Phi) is 8.60. The Labute approximate surface area is 329 Å². The monoisotopic (exact) mass is 718 g/mol. The second kappa shape index (κ2) is 14.2. The predicted molar refractivity (Wildman–Crippen MR) is 239 cm³/mol. The van der Waals surface area contributed by atoms with Gasteiger partial charge in [-0.1, -0.05) is 116 Å². The molecule has 1 aliphatic carbocycles. The molecular weight excluding hydrogens is 677 g/mol. The van der Waals surface area contributed by atoms with Crippen molar-refractivity contribution in [2.24, 2.45) is 10.9 Å². The lowest BCUT2D eigenvalue weighted by molar-refractivity contribution is 0.722. The van der Waals surface area contributed by atoms with Gasteiger partial charge in [-0.05, 0) is 180 Å². The molecule has 2 unspecified atom stereocenters. The molecule has 7 aromatic carbocycles. The van der Waals surface area contributed by atoms with Crippen LogP contribution < -0.4 is 0 Å². The number of aromatic nitrogens is 1. The zero-order chi connectivity index (χ0) is 37.6. The standard InChI is InChI=1S/C54H42N2/c1-35-15-18-49-50-19-16-40(37-9-4-3-5-10-37)33-53(50)54-34-43(17-20-51(54)52(49)27-35)48-14-7-6-13-47(48)42-12-8-11-39(29-42)45-30-44(38-21-24-55-25-22-38)31-46(32-45)41-23-26-56-36(2)28-41/h3-26,29-36H,27-28H2,1-2H3. The fourth-order valence-corrected chi connectivity index (χ4v) is 8.85. The summed E-state index contributed by atoms with van der Waals surface area (Å²) in [6, 6.07) is 54.4. The molecule has 0 spiro atoms. The fraction of sp³-hybridized carbons (Fsp3) is 0.111. The van der Waals surface area contributed by atoms with Crippen LogP contribution in [0.5, 0.6) is 0 Å². The van der Waals surface area contributed by atoms with Crippen molar-refractivity contribution >= 4 is 39.4 Å². The zero-order valence-electron chi connectivity index (χ0n) is 31.8. The Morgan fingerprint density at radius 1 is 0.464 bits per heavy atom. The lowest BCUT2D eigenvalue weighted by Crippen LogP contribution is -2.05. The highest BCUT2D eigenvalue weighted by molar-refractivity contribution is 6.15. The van der Waals surface area contributed by atoms with E-state index in [4.69, 9.17) is 0 Å². The summed E-state index contributed by atoms with van der Waals surface area (Å²) in [7, 11) is 0. The molecular formula is C54H42N2. The highest BCUT2D eigenvalue weighted by atomic mass is 14.8. The van der Waals surface area contributed by atoms with Gasteiger partial charge in [0.2, 0.25) is 0 Å². The van der Waals surface area contributed by atoms with Crippen molar-refractivity contribution in [2.45, 2.75) is 32.7 Å². The molecule has 2 atom stereocenters. The van der Waals surface area contributed by atoms with Crippen LogP contribution in [0.1, 0.15) is 37.0 Å². The number of hydrogen-bond acceptors (Lipinski definition) is 2. The molecule has 0 amide bonds. The molecule has 0 saturated heterocycles. The zero-order valence-corrected chi connectivity index (χ0v) is 31.8. The molecule has 1 aliphatic heterocycles. The molecule has 10 rings (SSSR count). The fourth-order valence-electron chi connectivity index (χ4n) is 8.85. The van der Waals surface area contributed by atoms with Crippen molar-refractivity contribution in [3.8, 4) is 55.6 Å². The summed E-state index contributed by atoms with van der Waals surface area (Å²) in [5, 5.41) is 5.31. The molecule has 2 heterocycles. The maximum atomic E-state index is 4.60. The van der Waals surface area contributed by atoms with Crippen LogP contribution in [0, 0.1) is 5.92 Å². The number of dihydropyridines is 1. The third kappa shape index (κ3) is 6.28. The van der Waals surface area contributed by atoms with E-state index < -0.39 is 0 Å². The highest BCUT2D eigenvalue weighted by Crippen LogP contribution is 2.43. The number of nitrogens with zero attached hydrogens (tertiary/aromatic N) is 2. The predicted octanol–water partition coefficient (Wildman–Crippen LogP) is 14.2. The van der Waals surface area contributed by atoms with Crippen LogP contribution in [0.3, 0.4) is 0 Å². The molecule has 0 N–H and O–H groups in total. The van der Waals surface area contributed by atoms with Gasteiger partial charge in [0.25, 0.3) is 0 Å². The normalized spacial score (nSPS) is 16.2. The van der Waals surface area contributed by atoms with Gasteiger partial charge in [-0.15, -0.1) is 0 Å². The summed E-state index contributed by atoms with van der Waals surface area (Å²) in [4.78, 5) is 8.89. The van der Waals surface area contributed by atoms with E-state index in [1.165, 1.54) is 93.9 Å². The van der Waals surface area contributed by atoms with Crippen LogP contribution in [0.4, 0.5) is 0 Å². The van der Waals surface area contributed by atoms with Crippen molar-refractivity contribution in [2.75, 3.05) is 0 Å².